The molecule has 1 aromatic heterocycles. The summed E-state index contributed by atoms with van der Waals surface area (Å²) in [6.45, 7) is 5.96. The van der Waals surface area contributed by atoms with Crippen LogP contribution in [0.25, 0.3) is 5.57 Å². The molecule has 2 rings (SSSR count). The Morgan fingerprint density at radius 2 is 2.21 bits per heavy atom. The number of nitrogens with two attached hydrogens (primary N) is 2. The van der Waals surface area contributed by atoms with E-state index in [0.717, 1.165) is 24.1 Å². The maximum atomic E-state index is 11.5. The number of hydrogen-bond acceptors (Lipinski definition) is 6. The van der Waals surface area contributed by atoms with Crippen LogP contribution in [0.4, 0.5) is 0 Å². The summed E-state index contributed by atoms with van der Waals surface area (Å²) in [4.78, 5) is 11.5. The van der Waals surface area contributed by atoms with Gasteiger partial charge in [0.05, 0.1) is 24.8 Å². The van der Waals surface area contributed by atoms with Crippen molar-refractivity contribution >= 4 is 11.5 Å². The van der Waals surface area contributed by atoms with Crippen molar-refractivity contribution in [3.05, 3.63) is 23.6 Å². The van der Waals surface area contributed by atoms with Crippen LogP contribution in [0.3, 0.4) is 0 Å². The van der Waals surface area contributed by atoms with Crippen molar-refractivity contribution < 1.29 is 14.1 Å². The van der Waals surface area contributed by atoms with Gasteiger partial charge in [-0.25, -0.2) is 0 Å². The second-order valence-electron chi connectivity index (χ2n) is 6.21. The van der Waals surface area contributed by atoms with Crippen LogP contribution in [-0.4, -0.2) is 35.4 Å². The van der Waals surface area contributed by atoms with Crippen molar-refractivity contribution in [2.75, 3.05) is 0 Å². The molecule has 0 saturated carbocycles. The lowest BCUT2D eigenvalue weighted by Gasteiger charge is -2.36. The fourth-order valence-electron chi connectivity index (χ4n) is 3.00. The van der Waals surface area contributed by atoms with E-state index in [1.54, 1.807) is 0 Å². The van der Waals surface area contributed by atoms with E-state index >= 15 is 0 Å². The Hall–Kier alpha value is -1.70. The molecule has 134 valence electrons. The highest BCUT2D eigenvalue weighted by Crippen LogP contribution is 2.29. The lowest BCUT2D eigenvalue weighted by atomic mass is 9.87. The standard InChI is InChI=1S/C17H28N4O3/c1-4-12(5-2)23-16-7-11(15-8-13(9-18)24-21-15)6-14(19)17(16)20-10(3)22/h7-8,12,14,16-17H,4-6,9,18-19H2,1-3H3,(H,20,22)/t14-,16+,17+/m0/s1. The molecule has 0 spiro atoms. The molecule has 0 radical (unpaired) electrons. The first-order chi connectivity index (χ1) is 11.5. The van der Waals surface area contributed by atoms with E-state index in [-0.39, 0.29) is 30.2 Å². The molecule has 5 N–H and O–H groups in total. The van der Waals surface area contributed by atoms with Crippen LogP contribution in [0.15, 0.2) is 16.7 Å². The summed E-state index contributed by atoms with van der Waals surface area (Å²) in [6, 6.07) is 1.31. The third-order valence-corrected chi connectivity index (χ3v) is 4.36. The van der Waals surface area contributed by atoms with Crippen LogP contribution in [-0.2, 0) is 16.1 Å². The highest BCUT2D eigenvalue weighted by Gasteiger charge is 2.34. The molecule has 7 heteroatoms. The van der Waals surface area contributed by atoms with Crippen molar-refractivity contribution in [2.24, 2.45) is 11.5 Å². The fraction of sp³-hybridized carbons (Fsp3) is 0.647. The van der Waals surface area contributed by atoms with Gasteiger partial charge in [-0.2, -0.15) is 0 Å². The Balaban J connectivity index is 2.28. The number of amides is 1. The van der Waals surface area contributed by atoms with E-state index in [9.17, 15) is 4.79 Å². The van der Waals surface area contributed by atoms with Crippen molar-refractivity contribution in [1.29, 1.82) is 0 Å². The van der Waals surface area contributed by atoms with Gasteiger partial charge in [-0.15, -0.1) is 0 Å². The van der Waals surface area contributed by atoms with Gasteiger partial charge in [0.15, 0.2) is 5.76 Å². The van der Waals surface area contributed by atoms with Crippen LogP contribution in [0.1, 0.15) is 51.5 Å². The normalized spacial score (nSPS) is 24.1. The monoisotopic (exact) mass is 336 g/mol. The predicted octanol–water partition coefficient (Wildman–Crippen LogP) is 1.33. The minimum atomic E-state index is -0.296. The van der Waals surface area contributed by atoms with Crippen LogP contribution in [0.2, 0.25) is 0 Å². The smallest absolute Gasteiger partial charge is 0.217 e. The second kappa shape index (κ2) is 8.41. The average molecular weight is 336 g/mol. The van der Waals surface area contributed by atoms with Gasteiger partial charge in [-0.3, -0.25) is 4.79 Å². The summed E-state index contributed by atoms with van der Waals surface area (Å²) in [6.07, 6.45) is 4.21. The van der Waals surface area contributed by atoms with Crippen molar-refractivity contribution in [2.45, 2.75) is 70.9 Å². The number of hydrogen-bond donors (Lipinski definition) is 3. The SMILES string of the molecule is CCC(CC)O[C@@H]1C=C(c2cc(CN)on2)C[C@H](N)[C@H]1NC(C)=O. The number of nitrogens with one attached hydrogen (secondary N) is 1. The van der Waals surface area contributed by atoms with E-state index in [1.807, 2.05) is 12.1 Å². The quantitative estimate of drug-likeness (QED) is 0.691. The molecular formula is C17H28N4O3. The maximum Gasteiger partial charge on any atom is 0.217 e. The van der Waals surface area contributed by atoms with Gasteiger partial charge in [0, 0.05) is 19.0 Å². The number of carbonyl (C=O) groups is 1. The number of aromatic nitrogens is 1. The zero-order chi connectivity index (χ0) is 17.7. The molecule has 0 fully saturated rings. The van der Waals surface area contributed by atoms with Gasteiger partial charge < -0.3 is 26.0 Å². The van der Waals surface area contributed by atoms with Gasteiger partial charge in [-0.05, 0) is 30.9 Å². The molecule has 7 nitrogen and oxygen atoms in total. The Morgan fingerprint density at radius 1 is 1.50 bits per heavy atom. The molecule has 1 heterocycles. The summed E-state index contributed by atoms with van der Waals surface area (Å²) in [7, 11) is 0. The largest absolute Gasteiger partial charge is 0.369 e. The van der Waals surface area contributed by atoms with Crippen molar-refractivity contribution in [1.82, 2.24) is 10.5 Å². The molecule has 0 saturated heterocycles. The average Bonchev–Trinajstić information content (AvgIpc) is 3.04. The molecule has 0 aromatic carbocycles. The van der Waals surface area contributed by atoms with Gasteiger partial charge >= 0.3 is 0 Å². The Bertz CT molecular complexity index is 580. The second-order valence-corrected chi connectivity index (χ2v) is 6.21. The first-order valence-electron chi connectivity index (χ1n) is 8.53. The van der Waals surface area contributed by atoms with E-state index in [1.165, 1.54) is 6.92 Å². The highest BCUT2D eigenvalue weighted by molar-refractivity contribution is 5.74. The summed E-state index contributed by atoms with van der Waals surface area (Å²) in [5.74, 6) is 0.512. The highest BCUT2D eigenvalue weighted by atomic mass is 16.5. The third-order valence-electron chi connectivity index (χ3n) is 4.36. The van der Waals surface area contributed by atoms with E-state index in [4.69, 9.17) is 20.7 Å². The minimum Gasteiger partial charge on any atom is -0.369 e. The van der Waals surface area contributed by atoms with Crippen LogP contribution >= 0.6 is 0 Å². The molecule has 1 aromatic rings. The zero-order valence-electron chi connectivity index (χ0n) is 14.6. The van der Waals surface area contributed by atoms with Gasteiger partial charge in [0.1, 0.15) is 5.69 Å². The summed E-state index contributed by atoms with van der Waals surface area (Å²) >= 11 is 0. The first-order valence-corrected chi connectivity index (χ1v) is 8.53. The van der Waals surface area contributed by atoms with Crippen molar-refractivity contribution in [3.8, 4) is 0 Å². The molecule has 3 atom stereocenters. The predicted molar refractivity (Wildman–Crippen MR) is 91.8 cm³/mol. The lowest BCUT2D eigenvalue weighted by molar-refractivity contribution is -0.121. The summed E-state index contributed by atoms with van der Waals surface area (Å²) < 4.78 is 11.4. The Kier molecular flexibility index (Phi) is 6.53. The maximum absolute atomic E-state index is 11.5. The third kappa shape index (κ3) is 4.43. The number of ether oxygens (including phenoxy) is 1. The fourth-order valence-corrected chi connectivity index (χ4v) is 3.00. The number of carbonyl (C=O) groups excluding carboxylic acids is 1. The van der Waals surface area contributed by atoms with Gasteiger partial charge in [-0.1, -0.05) is 19.0 Å². The zero-order valence-corrected chi connectivity index (χ0v) is 14.6. The topological polar surface area (TPSA) is 116 Å². The molecule has 1 aliphatic rings. The van der Waals surface area contributed by atoms with E-state index < -0.39 is 0 Å². The van der Waals surface area contributed by atoms with Gasteiger partial charge in [0.2, 0.25) is 5.91 Å². The molecule has 1 aliphatic carbocycles. The van der Waals surface area contributed by atoms with Crippen LogP contribution in [0, 0.1) is 0 Å². The van der Waals surface area contributed by atoms with E-state index in [2.05, 4.69) is 24.3 Å². The Labute approximate surface area is 142 Å². The number of nitrogens with zero attached hydrogens (tertiary/aromatic N) is 1. The molecule has 0 unspecified atom stereocenters. The van der Waals surface area contributed by atoms with Crippen LogP contribution in [0.5, 0.6) is 0 Å². The summed E-state index contributed by atoms with van der Waals surface area (Å²) in [5.41, 5.74) is 13.6. The minimum absolute atomic E-state index is 0.114. The van der Waals surface area contributed by atoms with Crippen LogP contribution < -0.4 is 16.8 Å². The first kappa shape index (κ1) is 18.6. The Morgan fingerprint density at radius 3 is 2.75 bits per heavy atom. The molecule has 0 bridgehead atoms. The van der Waals surface area contributed by atoms with Crippen molar-refractivity contribution in [3.63, 3.8) is 0 Å². The van der Waals surface area contributed by atoms with E-state index in [0.29, 0.717) is 18.7 Å². The number of rotatable bonds is 7. The molecule has 0 aliphatic heterocycles. The lowest BCUT2D eigenvalue weighted by Crippen LogP contribution is -2.56. The molecule has 1 amide bonds. The molecular weight excluding hydrogens is 308 g/mol. The summed E-state index contributed by atoms with van der Waals surface area (Å²) in [5, 5.41) is 6.99. The van der Waals surface area contributed by atoms with Gasteiger partial charge in [0.25, 0.3) is 0 Å². The molecule has 24 heavy (non-hydrogen) atoms.